The van der Waals surface area contributed by atoms with E-state index in [2.05, 4.69) is 10.3 Å². The second kappa shape index (κ2) is 5.16. The molecular formula is C14H17FN2S. The van der Waals surface area contributed by atoms with Crippen molar-refractivity contribution in [2.45, 2.75) is 26.8 Å². The van der Waals surface area contributed by atoms with Crippen molar-refractivity contribution in [2.24, 2.45) is 0 Å². The normalized spacial score (nSPS) is 12.7. The van der Waals surface area contributed by atoms with Crippen LogP contribution in [0.5, 0.6) is 0 Å². The minimum atomic E-state index is -0.153. The molecule has 0 saturated carbocycles. The van der Waals surface area contributed by atoms with Crippen LogP contribution in [0, 0.1) is 26.6 Å². The Kier molecular flexibility index (Phi) is 3.78. The molecule has 1 aromatic carbocycles. The Bertz CT molecular complexity index is 540. The summed E-state index contributed by atoms with van der Waals surface area (Å²) in [6.07, 6.45) is 0. The van der Waals surface area contributed by atoms with Crippen LogP contribution in [-0.4, -0.2) is 12.0 Å². The number of aromatic nitrogens is 1. The zero-order valence-corrected chi connectivity index (χ0v) is 11.9. The molecule has 2 rings (SSSR count). The fourth-order valence-corrected chi connectivity index (χ4v) is 3.21. The standard InChI is InChI=1S/C14H17FN2S/c1-8-5-9(2)12(11(15)6-8)13(16-4)14-10(3)17-7-18-14/h5-7,13,16H,1-4H3. The molecule has 0 bridgehead atoms. The maximum absolute atomic E-state index is 14.2. The fourth-order valence-electron chi connectivity index (χ4n) is 2.29. The lowest BCUT2D eigenvalue weighted by Gasteiger charge is -2.19. The van der Waals surface area contributed by atoms with Gasteiger partial charge in [-0.1, -0.05) is 6.07 Å². The van der Waals surface area contributed by atoms with Gasteiger partial charge in [-0.2, -0.15) is 0 Å². The van der Waals surface area contributed by atoms with E-state index in [-0.39, 0.29) is 11.9 Å². The van der Waals surface area contributed by atoms with Gasteiger partial charge in [0.1, 0.15) is 5.82 Å². The van der Waals surface area contributed by atoms with Gasteiger partial charge in [-0.25, -0.2) is 9.37 Å². The highest BCUT2D eigenvalue weighted by atomic mass is 32.1. The molecule has 18 heavy (non-hydrogen) atoms. The van der Waals surface area contributed by atoms with Crippen molar-refractivity contribution in [3.63, 3.8) is 0 Å². The fraction of sp³-hybridized carbons (Fsp3) is 0.357. The molecule has 1 unspecified atom stereocenters. The molecule has 0 aliphatic carbocycles. The molecule has 0 aliphatic heterocycles. The van der Waals surface area contributed by atoms with E-state index in [1.165, 1.54) is 0 Å². The first-order chi connectivity index (χ1) is 8.54. The third-order valence-electron chi connectivity index (χ3n) is 3.10. The molecule has 0 fully saturated rings. The van der Waals surface area contributed by atoms with Crippen molar-refractivity contribution >= 4 is 11.3 Å². The average molecular weight is 264 g/mol. The minimum Gasteiger partial charge on any atom is -0.309 e. The summed E-state index contributed by atoms with van der Waals surface area (Å²) in [6.45, 7) is 5.82. The van der Waals surface area contributed by atoms with Crippen molar-refractivity contribution in [1.82, 2.24) is 10.3 Å². The SMILES string of the molecule is CNC(c1scnc1C)c1c(C)cc(C)cc1F. The van der Waals surface area contributed by atoms with E-state index in [9.17, 15) is 4.39 Å². The monoisotopic (exact) mass is 264 g/mol. The second-order valence-corrected chi connectivity index (χ2v) is 5.39. The molecule has 0 spiro atoms. The molecule has 96 valence electrons. The van der Waals surface area contributed by atoms with Gasteiger partial charge in [0.2, 0.25) is 0 Å². The van der Waals surface area contributed by atoms with Gasteiger partial charge in [0.15, 0.2) is 0 Å². The summed E-state index contributed by atoms with van der Waals surface area (Å²) in [5.74, 6) is -0.153. The molecule has 0 aliphatic rings. The number of rotatable bonds is 3. The summed E-state index contributed by atoms with van der Waals surface area (Å²) >= 11 is 1.56. The number of nitrogens with one attached hydrogen (secondary N) is 1. The molecule has 2 aromatic rings. The Balaban J connectivity index is 2.56. The van der Waals surface area contributed by atoms with Crippen molar-refractivity contribution in [3.8, 4) is 0 Å². The summed E-state index contributed by atoms with van der Waals surface area (Å²) < 4.78 is 14.2. The first-order valence-corrected chi connectivity index (χ1v) is 6.76. The summed E-state index contributed by atoms with van der Waals surface area (Å²) in [6, 6.07) is 3.47. The molecular weight excluding hydrogens is 247 g/mol. The Labute approximate surface area is 111 Å². The van der Waals surface area contributed by atoms with E-state index < -0.39 is 0 Å². The summed E-state index contributed by atoms with van der Waals surface area (Å²) in [5, 5.41) is 3.19. The van der Waals surface area contributed by atoms with E-state index in [1.54, 1.807) is 22.9 Å². The lowest BCUT2D eigenvalue weighted by Crippen LogP contribution is -2.20. The van der Waals surface area contributed by atoms with Gasteiger partial charge in [0, 0.05) is 10.4 Å². The van der Waals surface area contributed by atoms with Crippen LogP contribution < -0.4 is 5.32 Å². The topological polar surface area (TPSA) is 24.9 Å². The Hall–Kier alpha value is -1.26. The third kappa shape index (κ3) is 2.31. The quantitative estimate of drug-likeness (QED) is 0.917. The summed E-state index contributed by atoms with van der Waals surface area (Å²) in [7, 11) is 1.85. The average Bonchev–Trinajstić information content (AvgIpc) is 2.69. The van der Waals surface area contributed by atoms with Gasteiger partial charge in [0.25, 0.3) is 0 Å². The molecule has 0 radical (unpaired) electrons. The number of benzene rings is 1. The minimum absolute atomic E-state index is 0.127. The molecule has 1 heterocycles. The van der Waals surface area contributed by atoms with Crippen molar-refractivity contribution in [3.05, 3.63) is 50.7 Å². The van der Waals surface area contributed by atoms with E-state index in [0.717, 1.165) is 27.3 Å². The van der Waals surface area contributed by atoms with Crippen LogP contribution in [0.1, 0.15) is 33.3 Å². The van der Waals surface area contributed by atoms with Gasteiger partial charge >= 0.3 is 0 Å². The number of halogens is 1. The first-order valence-electron chi connectivity index (χ1n) is 5.88. The van der Waals surface area contributed by atoms with E-state index >= 15 is 0 Å². The number of nitrogens with zero attached hydrogens (tertiary/aromatic N) is 1. The van der Waals surface area contributed by atoms with Crippen LogP contribution in [0.2, 0.25) is 0 Å². The number of hydrogen-bond donors (Lipinski definition) is 1. The maximum atomic E-state index is 14.2. The number of aryl methyl sites for hydroxylation is 3. The van der Waals surface area contributed by atoms with Crippen molar-refractivity contribution < 1.29 is 4.39 Å². The highest BCUT2D eigenvalue weighted by Crippen LogP contribution is 2.31. The van der Waals surface area contributed by atoms with E-state index in [0.29, 0.717) is 0 Å². The molecule has 1 atom stereocenters. The molecule has 4 heteroatoms. The van der Waals surface area contributed by atoms with Gasteiger partial charge in [-0.05, 0) is 45.0 Å². The van der Waals surface area contributed by atoms with Crippen molar-refractivity contribution in [2.75, 3.05) is 7.05 Å². The van der Waals surface area contributed by atoms with Gasteiger partial charge in [-0.15, -0.1) is 11.3 Å². The van der Waals surface area contributed by atoms with Gasteiger partial charge in [0.05, 0.1) is 17.2 Å². The Morgan fingerprint density at radius 1 is 1.28 bits per heavy atom. The smallest absolute Gasteiger partial charge is 0.128 e. The summed E-state index contributed by atoms with van der Waals surface area (Å²) in [4.78, 5) is 5.32. The maximum Gasteiger partial charge on any atom is 0.128 e. The number of thiazole rings is 1. The molecule has 1 aromatic heterocycles. The van der Waals surface area contributed by atoms with Crippen LogP contribution in [0.15, 0.2) is 17.6 Å². The van der Waals surface area contributed by atoms with Crippen molar-refractivity contribution in [1.29, 1.82) is 0 Å². The Morgan fingerprint density at radius 3 is 2.50 bits per heavy atom. The lowest BCUT2D eigenvalue weighted by molar-refractivity contribution is 0.574. The van der Waals surface area contributed by atoms with E-state index in [4.69, 9.17) is 0 Å². The van der Waals surface area contributed by atoms with Crippen LogP contribution in [-0.2, 0) is 0 Å². The molecule has 1 N–H and O–H groups in total. The van der Waals surface area contributed by atoms with E-state index in [1.807, 2.05) is 33.9 Å². The van der Waals surface area contributed by atoms with Gasteiger partial charge < -0.3 is 5.32 Å². The molecule has 0 amide bonds. The van der Waals surface area contributed by atoms with Gasteiger partial charge in [-0.3, -0.25) is 0 Å². The predicted molar refractivity (Wildman–Crippen MR) is 73.6 cm³/mol. The van der Waals surface area contributed by atoms with Crippen LogP contribution >= 0.6 is 11.3 Å². The van der Waals surface area contributed by atoms with Crippen LogP contribution in [0.25, 0.3) is 0 Å². The zero-order chi connectivity index (χ0) is 13.3. The molecule has 0 saturated heterocycles. The van der Waals surface area contributed by atoms with Crippen LogP contribution in [0.3, 0.4) is 0 Å². The number of hydrogen-bond acceptors (Lipinski definition) is 3. The zero-order valence-electron chi connectivity index (χ0n) is 11.0. The first kappa shape index (κ1) is 13.2. The predicted octanol–water partition coefficient (Wildman–Crippen LogP) is 3.52. The second-order valence-electron chi connectivity index (χ2n) is 4.50. The highest BCUT2D eigenvalue weighted by Gasteiger charge is 2.22. The lowest BCUT2D eigenvalue weighted by atomic mass is 9.97. The van der Waals surface area contributed by atoms with Crippen LogP contribution in [0.4, 0.5) is 4.39 Å². The molecule has 2 nitrogen and oxygen atoms in total. The summed E-state index contributed by atoms with van der Waals surface area (Å²) in [5.41, 5.74) is 5.40. The largest absolute Gasteiger partial charge is 0.309 e. The highest BCUT2D eigenvalue weighted by molar-refractivity contribution is 7.09. The third-order valence-corrected chi connectivity index (χ3v) is 4.10. The Morgan fingerprint density at radius 2 is 2.00 bits per heavy atom.